The van der Waals surface area contributed by atoms with E-state index in [4.69, 9.17) is 17.3 Å². The summed E-state index contributed by atoms with van der Waals surface area (Å²) < 4.78 is 0. The molecule has 0 saturated carbocycles. The van der Waals surface area contributed by atoms with Crippen LogP contribution in [0, 0.1) is 0 Å². The molecule has 0 amide bonds. The molecule has 2 atom stereocenters. The van der Waals surface area contributed by atoms with Gasteiger partial charge in [-0.15, -0.1) is 0 Å². The molecule has 0 aliphatic carbocycles. The van der Waals surface area contributed by atoms with Crippen LogP contribution in [0.25, 0.3) is 0 Å². The van der Waals surface area contributed by atoms with Crippen LogP contribution in [0.2, 0.25) is 5.02 Å². The predicted molar refractivity (Wildman–Crippen MR) is 74.2 cm³/mol. The lowest BCUT2D eigenvalue weighted by atomic mass is 9.97. The van der Waals surface area contributed by atoms with Gasteiger partial charge in [-0.2, -0.15) is 0 Å². The Bertz CT molecular complexity index is 382. The van der Waals surface area contributed by atoms with E-state index >= 15 is 0 Å². The fraction of sp³-hybridized carbons (Fsp3) is 0.571. The summed E-state index contributed by atoms with van der Waals surface area (Å²) in [6.45, 7) is 5.54. The van der Waals surface area contributed by atoms with E-state index in [1.807, 2.05) is 18.2 Å². The number of halogens is 1. The minimum atomic E-state index is 0.646. The Hall–Kier alpha value is -0.730. The van der Waals surface area contributed by atoms with Gasteiger partial charge >= 0.3 is 0 Å². The van der Waals surface area contributed by atoms with Crippen LogP contribution in [-0.4, -0.2) is 17.0 Å². The fourth-order valence-corrected chi connectivity index (χ4v) is 2.92. The largest absolute Gasteiger partial charge is 0.399 e. The van der Waals surface area contributed by atoms with E-state index in [-0.39, 0.29) is 0 Å². The molecule has 1 heterocycles. The molecule has 0 aromatic heterocycles. The average molecular weight is 253 g/mol. The molecular formula is C14H21ClN2. The number of hydrogen-bond acceptors (Lipinski definition) is 2. The van der Waals surface area contributed by atoms with Gasteiger partial charge < -0.3 is 5.73 Å². The van der Waals surface area contributed by atoms with Gasteiger partial charge in [-0.1, -0.05) is 24.1 Å². The van der Waals surface area contributed by atoms with Crippen LogP contribution in [0.5, 0.6) is 0 Å². The summed E-state index contributed by atoms with van der Waals surface area (Å²) in [4.78, 5) is 2.54. The molecule has 2 rings (SSSR count). The Labute approximate surface area is 109 Å². The van der Waals surface area contributed by atoms with Gasteiger partial charge in [0.05, 0.1) is 0 Å². The van der Waals surface area contributed by atoms with Crippen molar-refractivity contribution in [3.63, 3.8) is 0 Å². The number of likely N-dealkylation sites (tertiary alicyclic amines) is 1. The highest BCUT2D eigenvalue weighted by molar-refractivity contribution is 6.31. The van der Waals surface area contributed by atoms with Gasteiger partial charge in [-0.3, -0.25) is 4.90 Å². The molecule has 0 bridgehead atoms. The molecule has 1 aliphatic rings. The Balaban J connectivity index is 2.13. The second-order valence-electron chi connectivity index (χ2n) is 5.15. The summed E-state index contributed by atoms with van der Waals surface area (Å²) in [6, 6.07) is 7.11. The highest BCUT2D eigenvalue weighted by Crippen LogP contribution is 2.27. The third kappa shape index (κ3) is 2.93. The van der Waals surface area contributed by atoms with E-state index in [2.05, 4.69) is 18.7 Å². The first kappa shape index (κ1) is 12.7. The Morgan fingerprint density at radius 2 is 1.94 bits per heavy atom. The first-order valence-electron chi connectivity index (χ1n) is 6.37. The number of anilines is 1. The molecule has 2 unspecified atom stereocenters. The van der Waals surface area contributed by atoms with Crippen molar-refractivity contribution in [1.82, 2.24) is 4.90 Å². The fourth-order valence-electron chi connectivity index (χ4n) is 2.67. The maximum Gasteiger partial charge on any atom is 0.0471 e. The molecule has 3 heteroatoms. The third-order valence-electron chi connectivity index (χ3n) is 3.81. The van der Waals surface area contributed by atoms with Crippen molar-refractivity contribution in [2.24, 2.45) is 0 Å². The topological polar surface area (TPSA) is 29.3 Å². The SMILES string of the molecule is CC1CCCC(C)N1Cc1ccc(N)cc1Cl. The van der Waals surface area contributed by atoms with E-state index in [0.717, 1.165) is 17.3 Å². The second-order valence-corrected chi connectivity index (χ2v) is 5.56. The van der Waals surface area contributed by atoms with Gasteiger partial charge in [0.25, 0.3) is 0 Å². The maximum absolute atomic E-state index is 6.24. The number of piperidine rings is 1. The van der Waals surface area contributed by atoms with Gasteiger partial charge in [0, 0.05) is 29.3 Å². The summed E-state index contributed by atoms with van der Waals surface area (Å²) in [5.41, 5.74) is 7.63. The summed E-state index contributed by atoms with van der Waals surface area (Å²) in [7, 11) is 0. The Morgan fingerprint density at radius 1 is 1.29 bits per heavy atom. The minimum Gasteiger partial charge on any atom is -0.399 e. The molecular weight excluding hydrogens is 232 g/mol. The monoisotopic (exact) mass is 252 g/mol. The molecule has 1 fully saturated rings. The highest BCUT2D eigenvalue weighted by Gasteiger charge is 2.24. The predicted octanol–water partition coefficient (Wildman–Crippen LogP) is 3.69. The second kappa shape index (κ2) is 5.28. The molecule has 2 N–H and O–H groups in total. The van der Waals surface area contributed by atoms with E-state index in [1.165, 1.54) is 24.8 Å². The average Bonchev–Trinajstić information content (AvgIpc) is 2.26. The van der Waals surface area contributed by atoms with E-state index < -0.39 is 0 Å². The van der Waals surface area contributed by atoms with Crippen molar-refractivity contribution in [2.45, 2.75) is 51.7 Å². The Kier molecular flexibility index (Phi) is 3.95. The first-order valence-corrected chi connectivity index (χ1v) is 6.75. The molecule has 1 aliphatic heterocycles. The quantitative estimate of drug-likeness (QED) is 0.814. The lowest BCUT2D eigenvalue weighted by Gasteiger charge is -2.39. The number of hydrogen-bond donors (Lipinski definition) is 1. The van der Waals surface area contributed by atoms with Crippen LogP contribution in [0.3, 0.4) is 0 Å². The number of rotatable bonds is 2. The molecule has 0 spiro atoms. The molecule has 0 radical (unpaired) electrons. The van der Waals surface area contributed by atoms with Crippen molar-refractivity contribution in [1.29, 1.82) is 0 Å². The minimum absolute atomic E-state index is 0.646. The van der Waals surface area contributed by atoms with Crippen LogP contribution in [0.1, 0.15) is 38.7 Å². The van der Waals surface area contributed by atoms with E-state index in [9.17, 15) is 0 Å². The molecule has 1 aromatic rings. The third-order valence-corrected chi connectivity index (χ3v) is 4.16. The zero-order valence-electron chi connectivity index (χ0n) is 10.6. The summed E-state index contributed by atoms with van der Waals surface area (Å²) in [5, 5.41) is 0.787. The summed E-state index contributed by atoms with van der Waals surface area (Å²) in [6.07, 6.45) is 3.92. The Morgan fingerprint density at radius 3 is 2.53 bits per heavy atom. The highest BCUT2D eigenvalue weighted by atomic mass is 35.5. The number of nitrogens with two attached hydrogens (primary N) is 1. The molecule has 1 aromatic carbocycles. The van der Waals surface area contributed by atoms with Crippen molar-refractivity contribution in [3.8, 4) is 0 Å². The lowest BCUT2D eigenvalue weighted by molar-refractivity contribution is 0.0953. The first-order chi connectivity index (χ1) is 8.08. The van der Waals surface area contributed by atoms with Gasteiger partial charge in [-0.25, -0.2) is 0 Å². The van der Waals surface area contributed by atoms with Crippen molar-refractivity contribution in [3.05, 3.63) is 28.8 Å². The summed E-state index contributed by atoms with van der Waals surface area (Å²) in [5.74, 6) is 0. The smallest absolute Gasteiger partial charge is 0.0471 e. The van der Waals surface area contributed by atoms with Crippen LogP contribution in [-0.2, 0) is 6.54 Å². The van der Waals surface area contributed by atoms with E-state index in [1.54, 1.807) is 0 Å². The van der Waals surface area contributed by atoms with Gasteiger partial charge in [0.15, 0.2) is 0 Å². The molecule has 94 valence electrons. The zero-order chi connectivity index (χ0) is 12.4. The molecule has 2 nitrogen and oxygen atoms in total. The summed E-state index contributed by atoms with van der Waals surface area (Å²) >= 11 is 6.24. The molecule has 17 heavy (non-hydrogen) atoms. The van der Waals surface area contributed by atoms with Gasteiger partial charge in [-0.05, 0) is 44.4 Å². The standard InChI is InChI=1S/C14H21ClN2/c1-10-4-3-5-11(2)17(10)9-12-6-7-13(16)8-14(12)15/h6-8,10-11H,3-5,9,16H2,1-2H3. The van der Waals surface area contributed by atoms with Crippen molar-refractivity contribution in [2.75, 3.05) is 5.73 Å². The normalized spacial score (nSPS) is 26.1. The number of nitrogen functional groups attached to an aromatic ring is 1. The van der Waals surface area contributed by atoms with Crippen LogP contribution >= 0.6 is 11.6 Å². The number of nitrogens with zero attached hydrogens (tertiary/aromatic N) is 1. The van der Waals surface area contributed by atoms with Crippen LogP contribution < -0.4 is 5.73 Å². The van der Waals surface area contributed by atoms with Gasteiger partial charge in [0.2, 0.25) is 0 Å². The van der Waals surface area contributed by atoms with Gasteiger partial charge in [0.1, 0.15) is 0 Å². The van der Waals surface area contributed by atoms with Crippen molar-refractivity contribution < 1.29 is 0 Å². The maximum atomic E-state index is 6.24. The zero-order valence-corrected chi connectivity index (χ0v) is 11.4. The lowest BCUT2D eigenvalue weighted by Crippen LogP contribution is -2.43. The van der Waals surface area contributed by atoms with Crippen LogP contribution in [0.15, 0.2) is 18.2 Å². The van der Waals surface area contributed by atoms with Crippen molar-refractivity contribution >= 4 is 17.3 Å². The van der Waals surface area contributed by atoms with E-state index in [0.29, 0.717) is 12.1 Å². The van der Waals surface area contributed by atoms with Crippen LogP contribution in [0.4, 0.5) is 5.69 Å². The molecule has 1 saturated heterocycles. The number of benzene rings is 1.